The van der Waals surface area contributed by atoms with E-state index < -0.39 is 5.97 Å². The van der Waals surface area contributed by atoms with E-state index in [1.807, 2.05) is 0 Å². The Kier molecular flexibility index (Phi) is 4.99. The molecule has 0 aliphatic rings. The van der Waals surface area contributed by atoms with E-state index >= 15 is 0 Å². The van der Waals surface area contributed by atoms with Crippen molar-refractivity contribution in [2.75, 3.05) is 5.88 Å². The molecule has 2 nitrogen and oxygen atoms in total. The number of allylic oxidation sites excluding steroid dienone is 1. The molecule has 0 saturated heterocycles. The van der Waals surface area contributed by atoms with Crippen molar-refractivity contribution in [1.29, 1.82) is 0 Å². The molecule has 0 bridgehead atoms. The molecule has 4 heteroatoms. The van der Waals surface area contributed by atoms with Gasteiger partial charge in [-0.05, 0) is 29.7 Å². The molecule has 0 aromatic heterocycles. The van der Waals surface area contributed by atoms with Gasteiger partial charge in [0.05, 0.1) is 6.42 Å². The lowest BCUT2D eigenvalue weighted by Crippen LogP contribution is -2.02. The Morgan fingerprint density at radius 3 is 2.88 bits per heavy atom. The summed E-state index contributed by atoms with van der Waals surface area (Å²) >= 11 is 5.50. The average Bonchev–Trinajstić information content (AvgIpc) is 2.22. The molecule has 0 fully saturated rings. The first-order valence-corrected chi connectivity index (χ1v) is 5.39. The zero-order valence-electron chi connectivity index (χ0n) is 8.62. The number of carboxylic acids is 1. The molecule has 1 rings (SSSR count). The van der Waals surface area contributed by atoms with E-state index in [4.69, 9.17) is 16.7 Å². The summed E-state index contributed by atoms with van der Waals surface area (Å²) in [5.74, 6) is -0.821. The maximum Gasteiger partial charge on any atom is 0.307 e. The van der Waals surface area contributed by atoms with E-state index in [1.165, 1.54) is 18.2 Å². The molecular formula is C12H12ClFO2. The Labute approximate surface area is 98.4 Å². The second kappa shape index (κ2) is 6.28. The van der Waals surface area contributed by atoms with Gasteiger partial charge in [-0.25, -0.2) is 4.39 Å². The van der Waals surface area contributed by atoms with E-state index in [0.29, 0.717) is 23.4 Å². The highest BCUT2D eigenvalue weighted by atomic mass is 35.5. The Hall–Kier alpha value is -1.35. The minimum absolute atomic E-state index is 0.110. The fourth-order valence-electron chi connectivity index (χ4n) is 1.32. The van der Waals surface area contributed by atoms with Crippen LogP contribution in [0.1, 0.15) is 17.5 Å². The smallest absolute Gasteiger partial charge is 0.307 e. The number of halogens is 2. The van der Waals surface area contributed by atoms with Crippen molar-refractivity contribution in [3.05, 3.63) is 41.2 Å². The Balaban J connectivity index is 2.93. The number of hydrogen-bond acceptors (Lipinski definition) is 1. The largest absolute Gasteiger partial charge is 0.481 e. The van der Waals surface area contributed by atoms with Crippen LogP contribution in [0, 0.1) is 5.82 Å². The summed E-state index contributed by atoms with van der Waals surface area (Å²) in [6, 6.07) is 4.07. The molecule has 0 unspecified atom stereocenters. The third-order valence-corrected chi connectivity index (χ3v) is 2.24. The molecule has 0 aliphatic carbocycles. The summed E-state index contributed by atoms with van der Waals surface area (Å²) < 4.78 is 13.0. The maximum absolute atomic E-state index is 13.0. The van der Waals surface area contributed by atoms with Gasteiger partial charge in [-0.15, -0.1) is 11.6 Å². The molecule has 16 heavy (non-hydrogen) atoms. The molecule has 1 N–H and O–H groups in total. The lowest BCUT2D eigenvalue weighted by molar-refractivity contribution is -0.136. The quantitative estimate of drug-likeness (QED) is 0.806. The Bertz CT molecular complexity index is 402. The van der Waals surface area contributed by atoms with E-state index in [0.717, 1.165) is 0 Å². The lowest BCUT2D eigenvalue weighted by atomic mass is 10.0. The summed E-state index contributed by atoms with van der Waals surface area (Å²) in [5.41, 5.74) is 1.19. The fourth-order valence-corrected chi connectivity index (χ4v) is 1.44. The lowest BCUT2D eigenvalue weighted by Gasteiger charge is -2.03. The number of carbonyl (C=O) groups is 1. The van der Waals surface area contributed by atoms with Crippen molar-refractivity contribution < 1.29 is 14.3 Å². The van der Waals surface area contributed by atoms with Gasteiger partial charge >= 0.3 is 5.97 Å². The van der Waals surface area contributed by atoms with E-state index in [9.17, 15) is 9.18 Å². The molecule has 0 saturated carbocycles. The second-order valence-electron chi connectivity index (χ2n) is 3.29. The molecule has 0 heterocycles. The highest BCUT2D eigenvalue weighted by Crippen LogP contribution is 2.14. The first-order valence-electron chi connectivity index (χ1n) is 4.86. The molecule has 0 radical (unpaired) electrons. The Morgan fingerprint density at radius 1 is 1.50 bits per heavy atom. The molecular weight excluding hydrogens is 231 g/mol. The van der Waals surface area contributed by atoms with Crippen molar-refractivity contribution in [2.24, 2.45) is 0 Å². The van der Waals surface area contributed by atoms with E-state index in [2.05, 4.69) is 0 Å². The molecule has 86 valence electrons. The average molecular weight is 243 g/mol. The first-order chi connectivity index (χ1) is 7.63. The van der Waals surface area contributed by atoms with Gasteiger partial charge in [-0.2, -0.15) is 0 Å². The Morgan fingerprint density at radius 2 is 2.25 bits per heavy atom. The van der Waals surface area contributed by atoms with Crippen LogP contribution in [0.5, 0.6) is 0 Å². The van der Waals surface area contributed by atoms with Crippen LogP contribution in [0.2, 0.25) is 0 Å². The minimum Gasteiger partial charge on any atom is -0.481 e. The number of carboxylic acid groups (broad SMARTS) is 1. The predicted octanol–water partition coefficient (Wildman–Crippen LogP) is 3.09. The van der Waals surface area contributed by atoms with Crippen LogP contribution >= 0.6 is 11.6 Å². The van der Waals surface area contributed by atoms with Gasteiger partial charge < -0.3 is 5.11 Å². The van der Waals surface area contributed by atoms with Crippen LogP contribution < -0.4 is 0 Å². The van der Waals surface area contributed by atoms with Crippen LogP contribution in [0.4, 0.5) is 4.39 Å². The summed E-state index contributed by atoms with van der Waals surface area (Å²) in [4.78, 5) is 10.6. The fraction of sp³-hybridized carbons (Fsp3) is 0.250. The monoisotopic (exact) mass is 242 g/mol. The van der Waals surface area contributed by atoms with Gasteiger partial charge in [0.1, 0.15) is 5.82 Å². The summed E-state index contributed by atoms with van der Waals surface area (Å²) in [5, 5.41) is 8.69. The minimum atomic E-state index is -0.932. The summed E-state index contributed by atoms with van der Waals surface area (Å²) in [7, 11) is 0. The third-order valence-electron chi connectivity index (χ3n) is 2.02. The zero-order valence-corrected chi connectivity index (χ0v) is 9.38. The highest BCUT2D eigenvalue weighted by Gasteiger charge is 2.05. The summed E-state index contributed by atoms with van der Waals surface area (Å²) in [6.07, 6.45) is 4.06. The van der Waals surface area contributed by atoms with Crippen molar-refractivity contribution in [3.8, 4) is 0 Å². The molecule has 0 spiro atoms. The predicted molar refractivity (Wildman–Crippen MR) is 62.1 cm³/mol. The van der Waals surface area contributed by atoms with Gasteiger partial charge in [0.25, 0.3) is 0 Å². The third kappa shape index (κ3) is 4.03. The molecule has 0 amide bonds. The molecule has 0 atom stereocenters. The van der Waals surface area contributed by atoms with Crippen molar-refractivity contribution in [2.45, 2.75) is 12.8 Å². The van der Waals surface area contributed by atoms with E-state index in [-0.39, 0.29) is 12.2 Å². The number of rotatable bonds is 5. The topological polar surface area (TPSA) is 37.3 Å². The van der Waals surface area contributed by atoms with Crippen LogP contribution in [0.25, 0.3) is 6.08 Å². The SMILES string of the molecule is O=C(O)Cc1ccc(F)cc1C=CCCCl. The van der Waals surface area contributed by atoms with Crippen molar-refractivity contribution >= 4 is 23.6 Å². The molecule has 1 aromatic carbocycles. The van der Waals surface area contributed by atoms with Gasteiger partial charge in [-0.1, -0.05) is 18.2 Å². The van der Waals surface area contributed by atoms with Crippen LogP contribution in [0.3, 0.4) is 0 Å². The van der Waals surface area contributed by atoms with Crippen LogP contribution in [0.15, 0.2) is 24.3 Å². The maximum atomic E-state index is 13.0. The second-order valence-corrected chi connectivity index (χ2v) is 3.67. The molecule has 0 aliphatic heterocycles. The normalized spacial score (nSPS) is 10.9. The number of benzene rings is 1. The molecule has 1 aromatic rings. The summed E-state index contributed by atoms with van der Waals surface area (Å²) in [6.45, 7) is 0. The van der Waals surface area contributed by atoms with Crippen molar-refractivity contribution in [1.82, 2.24) is 0 Å². The van der Waals surface area contributed by atoms with Gasteiger partial charge in [0.15, 0.2) is 0 Å². The van der Waals surface area contributed by atoms with Gasteiger partial charge in [-0.3, -0.25) is 4.79 Å². The highest BCUT2D eigenvalue weighted by molar-refractivity contribution is 6.17. The number of alkyl halides is 1. The first kappa shape index (κ1) is 12.7. The van der Waals surface area contributed by atoms with Crippen molar-refractivity contribution in [3.63, 3.8) is 0 Å². The van der Waals surface area contributed by atoms with Gasteiger partial charge in [0.2, 0.25) is 0 Å². The van der Waals surface area contributed by atoms with Crippen LogP contribution in [-0.4, -0.2) is 17.0 Å². The standard InChI is InChI=1S/C12H12ClFO2/c13-6-2-1-3-9-7-11(14)5-4-10(9)8-12(15)16/h1,3-5,7H,2,6,8H2,(H,15,16). The van der Waals surface area contributed by atoms with E-state index in [1.54, 1.807) is 12.2 Å². The number of aliphatic carboxylic acids is 1. The van der Waals surface area contributed by atoms with Crippen LogP contribution in [-0.2, 0) is 11.2 Å². The zero-order chi connectivity index (χ0) is 12.0. The van der Waals surface area contributed by atoms with Gasteiger partial charge in [0, 0.05) is 5.88 Å². The number of hydrogen-bond donors (Lipinski definition) is 1.